The zero-order chi connectivity index (χ0) is 5.11. The van der Waals surface area contributed by atoms with Crippen LogP contribution >= 0.6 is 0 Å². The third-order valence-corrected chi connectivity index (χ3v) is 0.748. The van der Waals surface area contributed by atoms with Crippen molar-refractivity contribution in [1.82, 2.24) is 15.0 Å². The van der Waals surface area contributed by atoms with Crippen LogP contribution in [0, 0.1) is 6.20 Å². The number of nitrogens with zero attached hydrogens (tertiary/aromatic N) is 3. The maximum atomic E-state index is 3.65. The number of hydrogen-bond donors (Lipinski definition) is 0. The second-order valence-electron chi connectivity index (χ2n) is 1.20. The van der Waals surface area contributed by atoms with Gasteiger partial charge in [0.1, 0.15) is 6.20 Å². The van der Waals surface area contributed by atoms with Crippen LogP contribution in [0.15, 0.2) is 6.20 Å². The Morgan fingerprint density at radius 3 is 3.00 bits per heavy atom. The van der Waals surface area contributed by atoms with Gasteiger partial charge in [-0.2, -0.15) is 0 Å². The van der Waals surface area contributed by atoms with Gasteiger partial charge < -0.3 is 0 Å². The highest BCUT2D eigenvalue weighted by molar-refractivity contribution is 4.58. The lowest BCUT2D eigenvalue weighted by Gasteiger charge is -1.85. The highest BCUT2D eigenvalue weighted by atomic mass is 15.4. The van der Waals surface area contributed by atoms with Crippen LogP contribution in [0.25, 0.3) is 0 Å². The summed E-state index contributed by atoms with van der Waals surface area (Å²) >= 11 is 0. The van der Waals surface area contributed by atoms with Gasteiger partial charge in [0, 0.05) is 6.54 Å². The molecule has 0 amide bonds. The number of aryl methyl sites for hydroxylation is 1. The summed E-state index contributed by atoms with van der Waals surface area (Å²) in [6.07, 6.45) is 4.29. The molecule has 1 aromatic rings. The molecule has 0 atom stereocenters. The standard InChI is InChI=1S/C4H6N3/c1-2-7-4-3-5-6-7/h4H,2H2,1H3. The minimum atomic E-state index is 0.872. The minimum absolute atomic E-state index is 0.872. The fraction of sp³-hybridized carbons (Fsp3) is 0.500. The molecule has 7 heavy (non-hydrogen) atoms. The van der Waals surface area contributed by atoms with Crippen LogP contribution in [0.1, 0.15) is 6.92 Å². The molecule has 0 bridgehead atoms. The summed E-state index contributed by atoms with van der Waals surface area (Å²) in [6, 6.07) is 0. The van der Waals surface area contributed by atoms with E-state index in [4.69, 9.17) is 0 Å². The van der Waals surface area contributed by atoms with Crippen LogP contribution in [-0.2, 0) is 6.54 Å². The Morgan fingerprint density at radius 1 is 1.86 bits per heavy atom. The predicted molar refractivity (Wildman–Crippen MR) is 24.5 cm³/mol. The first-order chi connectivity index (χ1) is 3.43. The van der Waals surface area contributed by atoms with Gasteiger partial charge in [0.05, 0.1) is 6.20 Å². The van der Waals surface area contributed by atoms with Crippen LogP contribution in [0.5, 0.6) is 0 Å². The molecule has 1 radical (unpaired) electrons. The van der Waals surface area contributed by atoms with E-state index < -0.39 is 0 Å². The number of aromatic nitrogens is 3. The maximum Gasteiger partial charge on any atom is 0.134 e. The molecule has 1 heterocycles. The quantitative estimate of drug-likeness (QED) is 0.496. The van der Waals surface area contributed by atoms with Crippen molar-refractivity contribution in [2.75, 3.05) is 0 Å². The van der Waals surface area contributed by atoms with Gasteiger partial charge in [-0.05, 0) is 6.92 Å². The average Bonchev–Trinajstić information content (AvgIpc) is 2.14. The molecular formula is C4H6N3. The van der Waals surface area contributed by atoms with E-state index >= 15 is 0 Å². The summed E-state index contributed by atoms with van der Waals surface area (Å²) in [5.74, 6) is 0. The Balaban J connectivity index is 2.76. The molecule has 0 N–H and O–H groups in total. The molecule has 3 heteroatoms. The van der Waals surface area contributed by atoms with E-state index in [9.17, 15) is 0 Å². The van der Waals surface area contributed by atoms with Gasteiger partial charge in [-0.3, -0.25) is 4.68 Å². The Morgan fingerprint density at radius 2 is 2.71 bits per heavy atom. The van der Waals surface area contributed by atoms with Gasteiger partial charge in [-0.15, -0.1) is 5.10 Å². The van der Waals surface area contributed by atoms with Crippen molar-refractivity contribution in [3.63, 3.8) is 0 Å². The zero-order valence-corrected chi connectivity index (χ0v) is 4.13. The Hall–Kier alpha value is -0.860. The van der Waals surface area contributed by atoms with E-state index in [1.54, 1.807) is 10.9 Å². The minimum Gasteiger partial charge on any atom is -0.252 e. The Kier molecular flexibility index (Phi) is 1.06. The molecule has 0 saturated heterocycles. The third-order valence-electron chi connectivity index (χ3n) is 0.748. The molecule has 0 unspecified atom stereocenters. The zero-order valence-electron chi connectivity index (χ0n) is 4.13. The van der Waals surface area contributed by atoms with Crippen molar-refractivity contribution >= 4 is 0 Å². The van der Waals surface area contributed by atoms with Crippen molar-refractivity contribution < 1.29 is 0 Å². The first kappa shape index (κ1) is 4.30. The highest BCUT2D eigenvalue weighted by Crippen LogP contribution is 1.74. The highest BCUT2D eigenvalue weighted by Gasteiger charge is 1.79. The summed E-state index contributed by atoms with van der Waals surface area (Å²) in [5.41, 5.74) is 0. The van der Waals surface area contributed by atoms with Crippen molar-refractivity contribution in [3.05, 3.63) is 12.4 Å². The van der Waals surface area contributed by atoms with Crippen LogP contribution in [0.4, 0.5) is 0 Å². The SMILES string of the molecule is CCn1c[c]nn1. The van der Waals surface area contributed by atoms with Crippen LogP contribution in [0.3, 0.4) is 0 Å². The summed E-state index contributed by atoms with van der Waals surface area (Å²) in [4.78, 5) is 0. The number of rotatable bonds is 1. The van der Waals surface area contributed by atoms with E-state index in [0.29, 0.717) is 0 Å². The molecule has 0 aliphatic heterocycles. The molecule has 0 fully saturated rings. The van der Waals surface area contributed by atoms with E-state index in [-0.39, 0.29) is 0 Å². The first-order valence-electron chi connectivity index (χ1n) is 2.19. The molecule has 3 nitrogen and oxygen atoms in total. The van der Waals surface area contributed by atoms with Crippen molar-refractivity contribution in [1.29, 1.82) is 0 Å². The molecular weight excluding hydrogens is 90.1 g/mol. The van der Waals surface area contributed by atoms with E-state index in [2.05, 4.69) is 16.5 Å². The maximum absolute atomic E-state index is 3.65. The normalized spacial score (nSPS) is 9.29. The first-order valence-corrected chi connectivity index (χ1v) is 2.19. The van der Waals surface area contributed by atoms with Gasteiger partial charge in [-0.1, -0.05) is 5.21 Å². The van der Waals surface area contributed by atoms with Crippen molar-refractivity contribution in [3.8, 4) is 0 Å². The Bertz CT molecular complexity index is 121. The lowest BCUT2D eigenvalue weighted by Crippen LogP contribution is -1.92. The molecule has 1 rings (SSSR count). The second-order valence-corrected chi connectivity index (χ2v) is 1.20. The van der Waals surface area contributed by atoms with E-state index in [1.807, 2.05) is 6.92 Å². The van der Waals surface area contributed by atoms with E-state index in [0.717, 1.165) is 6.54 Å². The summed E-state index contributed by atoms with van der Waals surface area (Å²) in [6.45, 7) is 2.87. The molecule has 0 spiro atoms. The van der Waals surface area contributed by atoms with Crippen molar-refractivity contribution in [2.45, 2.75) is 13.5 Å². The monoisotopic (exact) mass is 96.1 g/mol. The molecule has 37 valence electrons. The third kappa shape index (κ3) is 0.765. The summed E-state index contributed by atoms with van der Waals surface area (Å²) in [7, 11) is 0. The van der Waals surface area contributed by atoms with Gasteiger partial charge >= 0.3 is 0 Å². The van der Waals surface area contributed by atoms with Crippen LogP contribution in [0.2, 0.25) is 0 Å². The molecule has 0 aliphatic carbocycles. The molecule has 0 aliphatic rings. The van der Waals surface area contributed by atoms with Crippen LogP contribution in [-0.4, -0.2) is 15.0 Å². The van der Waals surface area contributed by atoms with Gasteiger partial charge in [0.15, 0.2) is 0 Å². The number of hydrogen-bond acceptors (Lipinski definition) is 2. The van der Waals surface area contributed by atoms with Gasteiger partial charge in [-0.25, -0.2) is 0 Å². The predicted octanol–water partition coefficient (Wildman–Crippen LogP) is 0.0982. The Labute approximate surface area is 42.0 Å². The topological polar surface area (TPSA) is 30.7 Å². The fourth-order valence-corrected chi connectivity index (χ4v) is 0.356. The molecule has 1 aromatic heterocycles. The van der Waals surface area contributed by atoms with Gasteiger partial charge in [0.25, 0.3) is 0 Å². The molecule has 0 saturated carbocycles. The fourth-order valence-electron chi connectivity index (χ4n) is 0.356. The lowest BCUT2D eigenvalue weighted by molar-refractivity contribution is 0.627. The average molecular weight is 96.1 g/mol. The summed E-state index contributed by atoms with van der Waals surface area (Å²) in [5, 5.41) is 7.13. The van der Waals surface area contributed by atoms with Gasteiger partial charge in [0.2, 0.25) is 0 Å². The molecule has 0 aromatic carbocycles. The summed E-state index contributed by atoms with van der Waals surface area (Å²) < 4.78 is 1.71. The van der Waals surface area contributed by atoms with E-state index in [1.165, 1.54) is 0 Å². The second kappa shape index (κ2) is 1.73. The van der Waals surface area contributed by atoms with Crippen LogP contribution < -0.4 is 0 Å². The van der Waals surface area contributed by atoms with Crippen molar-refractivity contribution in [2.24, 2.45) is 0 Å². The lowest BCUT2D eigenvalue weighted by atomic mass is 10.7. The largest absolute Gasteiger partial charge is 0.252 e. The smallest absolute Gasteiger partial charge is 0.134 e.